The van der Waals surface area contributed by atoms with E-state index in [2.05, 4.69) is 0 Å². The fourth-order valence-electron chi connectivity index (χ4n) is 2.47. The number of para-hydroxylation sites is 1. The van der Waals surface area contributed by atoms with Crippen LogP contribution in [0.25, 0.3) is 0 Å². The second-order valence-electron chi connectivity index (χ2n) is 5.72. The van der Waals surface area contributed by atoms with E-state index in [0.717, 1.165) is 5.56 Å². The van der Waals surface area contributed by atoms with Crippen LogP contribution in [-0.2, 0) is 0 Å². The average molecular weight is 350 g/mol. The molecule has 0 atom stereocenters. The van der Waals surface area contributed by atoms with Crippen molar-refractivity contribution in [1.82, 2.24) is 0 Å². The van der Waals surface area contributed by atoms with Gasteiger partial charge in [0.25, 0.3) is 0 Å². The number of ether oxygens (including phenoxy) is 1. The first-order valence-electron chi connectivity index (χ1n) is 7.87. The SMILES string of the molecule is Cc1ccc(C(=O)c2ccc(C(=O)O)c(Oc3ccccc3)c2F)cc1. The highest BCUT2D eigenvalue weighted by atomic mass is 19.1. The molecule has 26 heavy (non-hydrogen) atoms. The van der Waals surface area contributed by atoms with Gasteiger partial charge in [0.2, 0.25) is 0 Å². The average Bonchev–Trinajstić information content (AvgIpc) is 2.64. The van der Waals surface area contributed by atoms with Crippen LogP contribution in [0.5, 0.6) is 11.5 Å². The van der Waals surface area contributed by atoms with Crippen LogP contribution in [-0.4, -0.2) is 16.9 Å². The zero-order valence-corrected chi connectivity index (χ0v) is 13.9. The van der Waals surface area contributed by atoms with Gasteiger partial charge in [0.15, 0.2) is 17.3 Å². The van der Waals surface area contributed by atoms with Crippen LogP contribution < -0.4 is 4.74 Å². The molecule has 0 fully saturated rings. The lowest BCUT2D eigenvalue weighted by atomic mass is 9.99. The molecule has 3 aromatic rings. The Kier molecular flexibility index (Phi) is 4.80. The summed E-state index contributed by atoms with van der Waals surface area (Å²) >= 11 is 0. The van der Waals surface area contributed by atoms with Crippen LogP contribution in [0.15, 0.2) is 66.7 Å². The van der Waals surface area contributed by atoms with Gasteiger partial charge in [-0.25, -0.2) is 9.18 Å². The number of benzene rings is 3. The number of ketones is 1. The number of aromatic carboxylic acids is 1. The molecule has 0 bridgehead atoms. The van der Waals surface area contributed by atoms with Gasteiger partial charge in [0.05, 0.1) is 5.56 Å². The lowest BCUT2D eigenvalue weighted by Gasteiger charge is -2.12. The summed E-state index contributed by atoms with van der Waals surface area (Å²) in [5.74, 6) is -3.10. The van der Waals surface area contributed by atoms with Crippen LogP contribution in [0, 0.1) is 12.7 Å². The predicted octanol–water partition coefficient (Wildman–Crippen LogP) is 4.86. The van der Waals surface area contributed by atoms with Gasteiger partial charge in [0.1, 0.15) is 11.3 Å². The Balaban J connectivity index is 2.07. The molecular formula is C21H15FO4. The maximum atomic E-state index is 15.0. The number of carboxylic acids is 1. The van der Waals surface area contributed by atoms with Crippen LogP contribution in [0.3, 0.4) is 0 Å². The molecule has 3 aromatic carbocycles. The third-order valence-electron chi connectivity index (χ3n) is 3.85. The first-order valence-corrected chi connectivity index (χ1v) is 7.87. The van der Waals surface area contributed by atoms with E-state index in [1.165, 1.54) is 12.1 Å². The van der Waals surface area contributed by atoms with E-state index in [0.29, 0.717) is 5.56 Å². The fraction of sp³-hybridized carbons (Fsp3) is 0.0476. The molecule has 0 aliphatic heterocycles. The van der Waals surface area contributed by atoms with Crippen molar-refractivity contribution in [2.24, 2.45) is 0 Å². The molecule has 0 amide bonds. The molecule has 0 aliphatic carbocycles. The molecule has 0 aliphatic rings. The first-order chi connectivity index (χ1) is 12.5. The summed E-state index contributed by atoms with van der Waals surface area (Å²) in [6, 6.07) is 17.3. The van der Waals surface area contributed by atoms with Crippen LogP contribution >= 0.6 is 0 Å². The highest BCUT2D eigenvalue weighted by Gasteiger charge is 2.24. The number of carbonyl (C=O) groups excluding carboxylic acids is 1. The molecule has 130 valence electrons. The van der Waals surface area contributed by atoms with Crippen molar-refractivity contribution in [3.63, 3.8) is 0 Å². The highest BCUT2D eigenvalue weighted by Crippen LogP contribution is 2.31. The maximum absolute atomic E-state index is 15.0. The molecule has 1 N–H and O–H groups in total. The predicted molar refractivity (Wildman–Crippen MR) is 94.5 cm³/mol. The number of carbonyl (C=O) groups is 2. The van der Waals surface area contributed by atoms with Gasteiger partial charge in [-0.1, -0.05) is 48.0 Å². The summed E-state index contributed by atoms with van der Waals surface area (Å²) in [6.45, 7) is 1.88. The van der Waals surface area contributed by atoms with Crippen molar-refractivity contribution in [3.8, 4) is 11.5 Å². The molecule has 3 rings (SSSR count). The minimum atomic E-state index is -1.34. The molecular weight excluding hydrogens is 335 g/mol. The van der Waals surface area contributed by atoms with Crippen molar-refractivity contribution in [2.75, 3.05) is 0 Å². The number of hydrogen-bond acceptors (Lipinski definition) is 3. The smallest absolute Gasteiger partial charge is 0.339 e. The van der Waals surface area contributed by atoms with Crippen LogP contribution in [0.4, 0.5) is 4.39 Å². The Morgan fingerprint density at radius 3 is 2.12 bits per heavy atom. The van der Waals surface area contributed by atoms with E-state index >= 15 is 0 Å². The Hall–Kier alpha value is -3.47. The summed E-state index contributed by atoms with van der Waals surface area (Å²) in [7, 11) is 0. The summed E-state index contributed by atoms with van der Waals surface area (Å²) in [4.78, 5) is 24.0. The van der Waals surface area contributed by atoms with Gasteiger partial charge in [-0.15, -0.1) is 0 Å². The number of halogens is 1. The van der Waals surface area contributed by atoms with E-state index in [4.69, 9.17) is 4.74 Å². The van der Waals surface area contributed by atoms with E-state index in [9.17, 15) is 19.1 Å². The summed E-state index contributed by atoms with van der Waals surface area (Å²) in [5.41, 5.74) is 0.677. The molecule has 4 nitrogen and oxygen atoms in total. The third-order valence-corrected chi connectivity index (χ3v) is 3.85. The number of carboxylic acid groups (broad SMARTS) is 1. The first kappa shape index (κ1) is 17.4. The van der Waals surface area contributed by atoms with E-state index in [-0.39, 0.29) is 16.9 Å². The minimum Gasteiger partial charge on any atom is -0.478 e. The van der Waals surface area contributed by atoms with Gasteiger partial charge < -0.3 is 9.84 Å². The monoisotopic (exact) mass is 350 g/mol. The van der Waals surface area contributed by atoms with Gasteiger partial charge >= 0.3 is 5.97 Å². The van der Waals surface area contributed by atoms with Crippen LogP contribution in [0.1, 0.15) is 31.8 Å². The maximum Gasteiger partial charge on any atom is 0.339 e. The standard InChI is InChI=1S/C21H15FO4/c1-13-7-9-14(10-8-13)19(23)16-11-12-17(21(24)25)20(18(16)22)26-15-5-3-2-4-6-15/h2-12H,1H3,(H,24,25). The third kappa shape index (κ3) is 3.47. The molecule has 0 unspecified atom stereocenters. The van der Waals surface area contributed by atoms with Gasteiger partial charge in [0, 0.05) is 5.56 Å². The molecule has 0 aromatic heterocycles. The van der Waals surface area contributed by atoms with Crippen molar-refractivity contribution >= 4 is 11.8 Å². The van der Waals surface area contributed by atoms with Gasteiger partial charge in [-0.05, 0) is 31.2 Å². The van der Waals surface area contributed by atoms with E-state index in [1.54, 1.807) is 54.6 Å². The zero-order valence-electron chi connectivity index (χ0n) is 13.9. The van der Waals surface area contributed by atoms with Gasteiger partial charge in [-0.2, -0.15) is 0 Å². The second kappa shape index (κ2) is 7.19. The number of aryl methyl sites for hydroxylation is 1. The highest BCUT2D eigenvalue weighted by molar-refractivity contribution is 6.10. The summed E-state index contributed by atoms with van der Waals surface area (Å²) in [5, 5.41) is 9.31. The normalized spacial score (nSPS) is 10.4. The minimum absolute atomic E-state index is 0.246. The Morgan fingerprint density at radius 2 is 1.50 bits per heavy atom. The number of rotatable bonds is 5. The number of hydrogen-bond donors (Lipinski definition) is 1. The Labute approximate surface area is 149 Å². The quantitative estimate of drug-likeness (QED) is 0.668. The molecule has 0 spiro atoms. The lowest BCUT2D eigenvalue weighted by Crippen LogP contribution is -2.09. The van der Waals surface area contributed by atoms with E-state index < -0.39 is 23.3 Å². The molecule has 0 radical (unpaired) electrons. The van der Waals surface area contributed by atoms with Crippen molar-refractivity contribution in [1.29, 1.82) is 0 Å². The summed E-state index contributed by atoms with van der Waals surface area (Å²) < 4.78 is 20.4. The molecule has 0 saturated heterocycles. The largest absolute Gasteiger partial charge is 0.478 e. The fourth-order valence-corrected chi connectivity index (χ4v) is 2.47. The van der Waals surface area contributed by atoms with E-state index in [1.807, 2.05) is 6.92 Å². The Bertz CT molecular complexity index is 963. The van der Waals surface area contributed by atoms with Gasteiger partial charge in [-0.3, -0.25) is 4.79 Å². The Morgan fingerprint density at radius 1 is 0.885 bits per heavy atom. The zero-order chi connectivity index (χ0) is 18.7. The molecule has 0 heterocycles. The topological polar surface area (TPSA) is 63.6 Å². The molecule has 5 heteroatoms. The summed E-state index contributed by atoms with van der Waals surface area (Å²) in [6.07, 6.45) is 0. The van der Waals surface area contributed by atoms with Crippen LogP contribution in [0.2, 0.25) is 0 Å². The van der Waals surface area contributed by atoms with Crippen molar-refractivity contribution in [2.45, 2.75) is 6.92 Å². The van der Waals surface area contributed by atoms with Crippen molar-refractivity contribution in [3.05, 3.63) is 94.8 Å². The van der Waals surface area contributed by atoms with Crippen molar-refractivity contribution < 1.29 is 23.8 Å². The molecule has 0 saturated carbocycles. The lowest BCUT2D eigenvalue weighted by molar-refractivity contribution is 0.0692. The second-order valence-corrected chi connectivity index (χ2v) is 5.72.